The lowest BCUT2D eigenvalue weighted by Gasteiger charge is -2.20. The van der Waals surface area contributed by atoms with Crippen molar-refractivity contribution in [3.63, 3.8) is 0 Å². The van der Waals surface area contributed by atoms with Crippen LogP contribution >= 0.6 is 0 Å². The van der Waals surface area contributed by atoms with E-state index in [1.165, 1.54) is 5.56 Å². The smallest absolute Gasteiger partial charge is 0.251 e. The molecule has 0 radical (unpaired) electrons. The molecule has 2 aromatic carbocycles. The number of para-hydroxylation sites is 1. The minimum absolute atomic E-state index is 0.0153. The number of benzene rings is 2. The first-order chi connectivity index (χ1) is 11.6. The molecule has 0 atom stereocenters. The fraction of sp³-hybridized carbons (Fsp3) is 0.350. The van der Waals surface area contributed by atoms with Crippen molar-refractivity contribution in [3.8, 4) is 5.75 Å². The van der Waals surface area contributed by atoms with Gasteiger partial charge in [-0.25, -0.2) is 0 Å². The van der Waals surface area contributed by atoms with Gasteiger partial charge in [0.25, 0.3) is 5.91 Å². The maximum absolute atomic E-state index is 12.5. The maximum Gasteiger partial charge on any atom is 0.251 e. The summed E-state index contributed by atoms with van der Waals surface area (Å²) in [4.78, 5) is 14.5. The zero-order valence-corrected chi connectivity index (χ0v) is 14.5. The molecule has 1 saturated carbocycles. The molecule has 4 heteroatoms. The Kier molecular flexibility index (Phi) is 4.47. The van der Waals surface area contributed by atoms with Gasteiger partial charge in [-0.15, -0.1) is 0 Å². The van der Waals surface area contributed by atoms with Gasteiger partial charge in [-0.2, -0.15) is 0 Å². The molecule has 0 saturated heterocycles. The van der Waals surface area contributed by atoms with Gasteiger partial charge in [0.1, 0.15) is 5.75 Å². The maximum atomic E-state index is 12.5. The molecule has 1 amide bonds. The Hall–Kier alpha value is -2.49. The molecule has 0 aromatic heterocycles. The highest BCUT2D eigenvalue weighted by atomic mass is 16.5. The van der Waals surface area contributed by atoms with Gasteiger partial charge >= 0.3 is 0 Å². The predicted octanol–water partition coefficient (Wildman–Crippen LogP) is 3.22. The van der Waals surface area contributed by atoms with Crippen molar-refractivity contribution in [2.75, 3.05) is 32.6 Å². The topological polar surface area (TPSA) is 41.6 Å². The van der Waals surface area contributed by atoms with E-state index in [-0.39, 0.29) is 11.3 Å². The fourth-order valence-electron chi connectivity index (χ4n) is 3.05. The van der Waals surface area contributed by atoms with Crippen molar-refractivity contribution in [1.82, 2.24) is 5.32 Å². The van der Waals surface area contributed by atoms with Crippen LogP contribution in [0.3, 0.4) is 0 Å². The van der Waals surface area contributed by atoms with Crippen LogP contribution in [0.4, 0.5) is 5.69 Å². The first kappa shape index (κ1) is 16.4. The van der Waals surface area contributed by atoms with Gasteiger partial charge in [0.05, 0.1) is 7.11 Å². The highest BCUT2D eigenvalue weighted by Gasteiger charge is 2.46. The highest BCUT2D eigenvalue weighted by molar-refractivity contribution is 5.95. The summed E-state index contributed by atoms with van der Waals surface area (Å²) >= 11 is 0. The normalized spacial score (nSPS) is 14.8. The van der Waals surface area contributed by atoms with Crippen molar-refractivity contribution >= 4 is 11.6 Å². The quantitative estimate of drug-likeness (QED) is 0.887. The van der Waals surface area contributed by atoms with Crippen LogP contribution in [0.25, 0.3) is 0 Å². The van der Waals surface area contributed by atoms with Crippen LogP contribution in [-0.4, -0.2) is 33.7 Å². The van der Waals surface area contributed by atoms with Crippen LogP contribution in [0.1, 0.15) is 28.8 Å². The molecule has 3 rings (SSSR count). The van der Waals surface area contributed by atoms with Crippen LogP contribution in [0, 0.1) is 0 Å². The molecule has 1 fully saturated rings. The van der Waals surface area contributed by atoms with Crippen LogP contribution in [0.2, 0.25) is 0 Å². The number of hydrogen-bond acceptors (Lipinski definition) is 3. The summed E-state index contributed by atoms with van der Waals surface area (Å²) in [6, 6.07) is 15.8. The molecule has 126 valence electrons. The van der Waals surface area contributed by atoms with Crippen molar-refractivity contribution in [1.29, 1.82) is 0 Å². The standard InChI is InChI=1S/C20H24N2O2/c1-22(2)16-8-6-7-15(13-16)19(23)21-14-20(11-12-20)17-9-4-5-10-18(17)24-3/h4-10,13H,11-12,14H2,1-3H3,(H,21,23). The Morgan fingerprint density at radius 1 is 1.17 bits per heavy atom. The molecular weight excluding hydrogens is 300 g/mol. The summed E-state index contributed by atoms with van der Waals surface area (Å²) in [6.07, 6.45) is 2.15. The fourth-order valence-corrected chi connectivity index (χ4v) is 3.05. The lowest BCUT2D eigenvalue weighted by molar-refractivity contribution is 0.0949. The van der Waals surface area contributed by atoms with E-state index in [2.05, 4.69) is 11.4 Å². The van der Waals surface area contributed by atoms with E-state index in [1.807, 2.05) is 61.5 Å². The molecule has 0 aliphatic heterocycles. The van der Waals surface area contributed by atoms with E-state index in [1.54, 1.807) is 7.11 Å². The van der Waals surface area contributed by atoms with Gasteiger partial charge in [0.15, 0.2) is 0 Å². The lowest BCUT2D eigenvalue weighted by Crippen LogP contribution is -2.32. The Morgan fingerprint density at radius 2 is 1.92 bits per heavy atom. The number of carbonyl (C=O) groups excluding carboxylic acids is 1. The summed E-state index contributed by atoms with van der Waals surface area (Å²) in [5, 5.41) is 3.10. The number of carbonyl (C=O) groups is 1. The average molecular weight is 324 g/mol. The highest BCUT2D eigenvalue weighted by Crippen LogP contribution is 2.50. The van der Waals surface area contributed by atoms with E-state index in [4.69, 9.17) is 4.74 Å². The van der Waals surface area contributed by atoms with E-state index < -0.39 is 0 Å². The van der Waals surface area contributed by atoms with Crippen LogP contribution in [-0.2, 0) is 5.41 Å². The zero-order valence-electron chi connectivity index (χ0n) is 14.5. The number of methoxy groups -OCH3 is 1. The Labute approximate surface area is 143 Å². The molecule has 2 aromatic rings. The van der Waals surface area contributed by atoms with Gasteiger partial charge in [0, 0.05) is 42.9 Å². The molecular formula is C20H24N2O2. The number of hydrogen-bond donors (Lipinski definition) is 1. The minimum atomic E-state index is -0.0279. The molecule has 1 aliphatic carbocycles. The molecule has 1 aliphatic rings. The molecule has 0 bridgehead atoms. The molecule has 4 nitrogen and oxygen atoms in total. The summed E-state index contributed by atoms with van der Waals surface area (Å²) in [7, 11) is 5.63. The van der Waals surface area contributed by atoms with Crippen LogP contribution in [0.5, 0.6) is 5.75 Å². The summed E-state index contributed by atoms with van der Waals surface area (Å²) in [5.74, 6) is 0.874. The van der Waals surface area contributed by atoms with Crippen LogP contribution in [0.15, 0.2) is 48.5 Å². The zero-order chi connectivity index (χ0) is 17.2. The molecule has 24 heavy (non-hydrogen) atoms. The third-order valence-corrected chi connectivity index (χ3v) is 4.74. The minimum Gasteiger partial charge on any atom is -0.496 e. The van der Waals surface area contributed by atoms with Crippen molar-refractivity contribution in [2.24, 2.45) is 0 Å². The van der Waals surface area contributed by atoms with E-state index in [0.717, 1.165) is 24.3 Å². The summed E-state index contributed by atoms with van der Waals surface area (Å²) in [6.45, 7) is 0.637. The Balaban J connectivity index is 1.71. The number of nitrogens with one attached hydrogen (secondary N) is 1. The largest absolute Gasteiger partial charge is 0.496 e. The lowest BCUT2D eigenvalue weighted by atomic mass is 9.94. The Morgan fingerprint density at radius 3 is 2.58 bits per heavy atom. The first-order valence-electron chi connectivity index (χ1n) is 8.25. The average Bonchev–Trinajstić information content (AvgIpc) is 3.40. The third kappa shape index (κ3) is 3.23. The summed E-state index contributed by atoms with van der Waals surface area (Å²) in [5.41, 5.74) is 2.92. The molecule has 0 heterocycles. The SMILES string of the molecule is COc1ccccc1C1(CNC(=O)c2cccc(N(C)C)c2)CC1. The number of nitrogens with zero attached hydrogens (tertiary/aromatic N) is 1. The first-order valence-corrected chi connectivity index (χ1v) is 8.25. The number of ether oxygens (including phenoxy) is 1. The number of anilines is 1. The van der Waals surface area contributed by atoms with Gasteiger partial charge in [-0.3, -0.25) is 4.79 Å². The van der Waals surface area contributed by atoms with Gasteiger partial charge in [-0.1, -0.05) is 24.3 Å². The molecule has 0 spiro atoms. The van der Waals surface area contributed by atoms with E-state index >= 15 is 0 Å². The van der Waals surface area contributed by atoms with Crippen molar-refractivity contribution in [3.05, 3.63) is 59.7 Å². The van der Waals surface area contributed by atoms with E-state index in [0.29, 0.717) is 12.1 Å². The molecule has 1 N–H and O–H groups in total. The van der Waals surface area contributed by atoms with Crippen LogP contribution < -0.4 is 15.0 Å². The van der Waals surface area contributed by atoms with Gasteiger partial charge < -0.3 is 15.0 Å². The third-order valence-electron chi connectivity index (χ3n) is 4.74. The van der Waals surface area contributed by atoms with Gasteiger partial charge in [0.2, 0.25) is 0 Å². The number of rotatable bonds is 6. The second-order valence-electron chi connectivity index (χ2n) is 6.61. The van der Waals surface area contributed by atoms with Crippen molar-refractivity contribution < 1.29 is 9.53 Å². The van der Waals surface area contributed by atoms with E-state index in [9.17, 15) is 4.79 Å². The van der Waals surface area contributed by atoms with Gasteiger partial charge in [-0.05, 0) is 37.1 Å². The Bertz CT molecular complexity index is 736. The molecule has 0 unspecified atom stereocenters. The number of amides is 1. The predicted molar refractivity (Wildman–Crippen MR) is 97.0 cm³/mol. The second kappa shape index (κ2) is 6.56. The monoisotopic (exact) mass is 324 g/mol. The van der Waals surface area contributed by atoms with Crippen molar-refractivity contribution in [2.45, 2.75) is 18.3 Å². The summed E-state index contributed by atoms with van der Waals surface area (Å²) < 4.78 is 5.49. The second-order valence-corrected chi connectivity index (χ2v) is 6.61.